The van der Waals surface area contributed by atoms with Gasteiger partial charge in [-0.05, 0) is 42.1 Å². The number of hydrogen-bond acceptors (Lipinski definition) is 3. The third kappa shape index (κ3) is 1.92. The summed E-state index contributed by atoms with van der Waals surface area (Å²) in [6, 6.07) is 14.6. The molecular formula is C15H14N2S. The van der Waals surface area contributed by atoms with E-state index in [4.69, 9.17) is 5.73 Å². The quantitative estimate of drug-likeness (QED) is 0.756. The molecule has 1 aromatic carbocycles. The predicted octanol–water partition coefficient (Wildman–Crippen LogP) is 3.73. The van der Waals surface area contributed by atoms with E-state index in [1.165, 1.54) is 20.5 Å². The Bertz CT molecular complexity index is 701. The SMILES string of the molecule is Cc1cccc(-c2cc3c(CN)cccc3s2)n1. The third-order valence-corrected chi connectivity index (χ3v) is 4.14. The molecule has 3 aromatic rings. The lowest BCUT2D eigenvalue weighted by Crippen LogP contribution is -1.95. The van der Waals surface area contributed by atoms with E-state index in [0.29, 0.717) is 6.54 Å². The van der Waals surface area contributed by atoms with Gasteiger partial charge in [-0.1, -0.05) is 18.2 Å². The van der Waals surface area contributed by atoms with E-state index in [1.807, 2.05) is 19.1 Å². The molecule has 0 bridgehead atoms. The smallest absolute Gasteiger partial charge is 0.0805 e. The maximum absolute atomic E-state index is 5.78. The summed E-state index contributed by atoms with van der Waals surface area (Å²) in [5, 5.41) is 1.25. The molecular weight excluding hydrogens is 240 g/mol. The first-order valence-corrected chi connectivity index (χ1v) is 6.75. The Hall–Kier alpha value is -1.71. The van der Waals surface area contributed by atoms with Crippen LogP contribution in [0, 0.1) is 6.92 Å². The molecule has 3 heteroatoms. The van der Waals surface area contributed by atoms with Crippen LogP contribution in [0.4, 0.5) is 0 Å². The molecule has 0 atom stereocenters. The molecule has 0 spiro atoms. The number of nitrogens with zero attached hydrogens (tertiary/aromatic N) is 1. The molecule has 2 N–H and O–H groups in total. The van der Waals surface area contributed by atoms with Gasteiger partial charge < -0.3 is 5.73 Å². The third-order valence-electron chi connectivity index (χ3n) is 3.01. The van der Waals surface area contributed by atoms with Crippen LogP contribution in [0.3, 0.4) is 0 Å². The van der Waals surface area contributed by atoms with Crippen molar-refractivity contribution in [2.75, 3.05) is 0 Å². The summed E-state index contributed by atoms with van der Waals surface area (Å²) in [5.74, 6) is 0. The van der Waals surface area contributed by atoms with Gasteiger partial charge in [0.15, 0.2) is 0 Å². The zero-order chi connectivity index (χ0) is 12.5. The van der Waals surface area contributed by atoms with Crippen LogP contribution in [0.5, 0.6) is 0 Å². The van der Waals surface area contributed by atoms with E-state index in [2.05, 4.69) is 35.3 Å². The first kappa shape index (κ1) is 11.4. The van der Waals surface area contributed by atoms with E-state index < -0.39 is 0 Å². The minimum atomic E-state index is 0.578. The summed E-state index contributed by atoms with van der Waals surface area (Å²) in [6.07, 6.45) is 0. The van der Waals surface area contributed by atoms with Gasteiger partial charge in [0.2, 0.25) is 0 Å². The van der Waals surface area contributed by atoms with Crippen molar-refractivity contribution in [3.05, 3.63) is 53.7 Å². The topological polar surface area (TPSA) is 38.9 Å². The van der Waals surface area contributed by atoms with Crippen molar-refractivity contribution in [2.45, 2.75) is 13.5 Å². The van der Waals surface area contributed by atoms with E-state index in [9.17, 15) is 0 Å². The molecule has 0 amide bonds. The summed E-state index contributed by atoms with van der Waals surface area (Å²) >= 11 is 1.77. The summed E-state index contributed by atoms with van der Waals surface area (Å²) < 4.78 is 1.27. The van der Waals surface area contributed by atoms with Gasteiger partial charge in [0.25, 0.3) is 0 Å². The molecule has 0 fully saturated rings. The molecule has 3 rings (SSSR count). The summed E-state index contributed by atoms with van der Waals surface area (Å²) in [4.78, 5) is 5.78. The Kier molecular flexibility index (Phi) is 2.86. The highest BCUT2D eigenvalue weighted by Gasteiger charge is 2.07. The molecule has 0 radical (unpaired) electrons. The van der Waals surface area contributed by atoms with Gasteiger partial charge in [0.05, 0.1) is 10.6 Å². The summed E-state index contributed by atoms with van der Waals surface area (Å²) in [7, 11) is 0. The summed E-state index contributed by atoms with van der Waals surface area (Å²) in [6.45, 7) is 2.59. The maximum Gasteiger partial charge on any atom is 0.0805 e. The molecule has 2 heterocycles. The summed E-state index contributed by atoms with van der Waals surface area (Å²) in [5.41, 5.74) is 9.06. The first-order chi connectivity index (χ1) is 8.78. The molecule has 0 saturated heterocycles. The lowest BCUT2D eigenvalue weighted by Gasteiger charge is -1.97. The van der Waals surface area contributed by atoms with Crippen molar-refractivity contribution in [1.29, 1.82) is 0 Å². The van der Waals surface area contributed by atoms with Crippen molar-refractivity contribution >= 4 is 21.4 Å². The van der Waals surface area contributed by atoms with Crippen molar-refractivity contribution in [1.82, 2.24) is 4.98 Å². The number of nitrogens with two attached hydrogens (primary N) is 1. The molecule has 0 aliphatic carbocycles. The van der Waals surface area contributed by atoms with Crippen LogP contribution in [-0.4, -0.2) is 4.98 Å². The Balaban J connectivity index is 2.19. The second-order valence-electron chi connectivity index (χ2n) is 4.31. The zero-order valence-electron chi connectivity index (χ0n) is 10.2. The van der Waals surface area contributed by atoms with Crippen LogP contribution in [0.2, 0.25) is 0 Å². The molecule has 90 valence electrons. The van der Waals surface area contributed by atoms with E-state index >= 15 is 0 Å². The van der Waals surface area contributed by atoms with Crippen LogP contribution in [-0.2, 0) is 6.54 Å². The predicted molar refractivity (Wildman–Crippen MR) is 77.7 cm³/mol. The van der Waals surface area contributed by atoms with Crippen LogP contribution in [0.1, 0.15) is 11.3 Å². The number of hydrogen-bond donors (Lipinski definition) is 1. The maximum atomic E-state index is 5.78. The zero-order valence-corrected chi connectivity index (χ0v) is 11.0. The minimum absolute atomic E-state index is 0.578. The number of pyridine rings is 1. The number of aryl methyl sites for hydroxylation is 1. The minimum Gasteiger partial charge on any atom is -0.326 e. The van der Waals surface area contributed by atoms with Crippen molar-refractivity contribution in [3.63, 3.8) is 0 Å². The molecule has 18 heavy (non-hydrogen) atoms. The molecule has 0 saturated carbocycles. The van der Waals surface area contributed by atoms with Crippen LogP contribution in [0.25, 0.3) is 20.7 Å². The fraction of sp³-hybridized carbons (Fsp3) is 0.133. The lowest BCUT2D eigenvalue weighted by molar-refractivity contribution is 1.09. The second-order valence-corrected chi connectivity index (χ2v) is 5.39. The Morgan fingerprint density at radius 1 is 1.17 bits per heavy atom. The average molecular weight is 254 g/mol. The Morgan fingerprint density at radius 2 is 2.00 bits per heavy atom. The van der Waals surface area contributed by atoms with Crippen molar-refractivity contribution < 1.29 is 0 Å². The molecule has 2 nitrogen and oxygen atoms in total. The fourth-order valence-corrected chi connectivity index (χ4v) is 3.18. The van der Waals surface area contributed by atoms with Gasteiger partial charge in [-0.15, -0.1) is 11.3 Å². The van der Waals surface area contributed by atoms with Gasteiger partial charge in [0, 0.05) is 16.9 Å². The number of thiophene rings is 1. The number of rotatable bonds is 2. The second kappa shape index (κ2) is 4.52. The number of benzene rings is 1. The van der Waals surface area contributed by atoms with E-state index in [0.717, 1.165) is 11.4 Å². The number of fused-ring (bicyclic) bond motifs is 1. The van der Waals surface area contributed by atoms with Gasteiger partial charge >= 0.3 is 0 Å². The molecule has 2 aromatic heterocycles. The molecule has 0 aliphatic rings. The van der Waals surface area contributed by atoms with Crippen LogP contribution < -0.4 is 5.73 Å². The van der Waals surface area contributed by atoms with Crippen molar-refractivity contribution in [2.24, 2.45) is 5.73 Å². The highest BCUT2D eigenvalue weighted by atomic mass is 32.1. The van der Waals surface area contributed by atoms with Gasteiger partial charge in [-0.3, -0.25) is 4.98 Å². The highest BCUT2D eigenvalue weighted by Crippen LogP contribution is 2.34. The standard InChI is InChI=1S/C15H14N2S/c1-10-4-2-6-13(17-10)15-8-12-11(9-16)5-3-7-14(12)18-15/h2-8H,9,16H2,1H3. The van der Waals surface area contributed by atoms with Gasteiger partial charge in [-0.25, -0.2) is 0 Å². The van der Waals surface area contributed by atoms with Gasteiger partial charge in [0.1, 0.15) is 0 Å². The number of aromatic nitrogens is 1. The monoisotopic (exact) mass is 254 g/mol. The van der Waals surface area contributed by atoms with Gasteiger partial charge in [-0.2, -0.15) is 0 Å². The van der Waals surface area contributed by atoms with E-state index in [-0.39, 0.29) is 0 Å². The Morgan fingerprint density at radius 3 is 2.78 bits per heavy atom. The van der Waals surface area contributed by atoms with Crippen LogP contribution >= 0.6 is 11.3 Å². The first-order valence-electron chi connectivity index (χ1n) is 5.93. The van der Waals surface area contributed by atoms with Crippen molar-refractivity contribution in [3.8, 4) is 10.6 Å². The largest absolute Gasteiger partial charge is 0.326 e. The normalized spacial score (nSPS) is 11.0. The Labute approximate surface area is 110 Å². The lowest BCUT2D eigenvalue weighted by atomic mass is 10.1. The molecule has 0 unspecified atom stereocenters. The molecule has 0 aliphatic heterocycles. The average Bonchev–Trinajstić information content (AvgIpc) is 2.82. The fourth-order valence-electron chi connectivity index (χ4n) is 2.11. The van der Waals surface area contributed by atoms with E-state index in [1.54, 1.807) is 11.3 Å². The highest BCUT2D eigenvalue weighted by molar-refractivity contribution is 7.22. The van der Waals surface area contributed by atoms with Crippen LogP contribution in [0.15, 0.2) is 42.5 Å².